The second-order valence-corrected chi connectivity index (χ2v) is 4.74. The fraction of sp³-hybridized carbons (Fsp3) is 0.250. The Balaban J connectivity index is 2.18. The first-order valence-corrected chi connectivity index (χ1v) is 6.76. The zero-order valence-corrected chi connectivity index (χ0v) is 12.7. The molecule has 1 heterocycles. The smallest absolute Gasteiger partial charge is 0.253 e. The minimum absolute atomic E-state index is 0.249. The fourth-order valence-electron chi connectivity index (χ4n) is 2.09. The summed E-state index contributed by atoms with van der Waals surface area (Å²) in [7, 11) is 3.14. The molecule has 1 amide bonds. The normalized spacial score (nSPS) is 11.6. The van der Waals surface area contributed by atoms with Crippen LogP contribution in [0.2, 0.25) is 0 Å². The number of hydrogen-bond donors (Lipinski definition) is 2. The molecule has 0 radical (unpaired) electrons. The van der Waals surface area contributed by atoms with Crippen LogP contribution in [0, 0.1) is 0 Å². The number of H-pyrrole nitrogens is 1. The van der Waals surface area contributed by atoms with E-state index in [1.165, 1.54) is 18.3 Å². The first kappa shape index (κ1) is 15.6. The average molecular weight is 302 g/mol. The highest BCUT2D eigenvalue weighted by Crippen LogP contribution is 2.29. The summed E-state index contributed by atoms with van der Waals surface area (Å²) in [6, 6.07) is 7.94. The lowest BCUT2D eigenvalue weighted by Gasteiger charge is -2.18. The van der Waals surface area contributed by atoms with Gasteiger partial charge in [0.25, 0.3) is 5.91 Å². The third-order valence-corrected chi connectivity index (χ3v) is 3.30. The molecule has 116 valence electrons. The molecule has 6 heteroatoms. The van der Waals surface area contributed by atoms with Crippen molar-refractivity contribution in [2.75, 3.05) is 14.2 Å². The first-order chi connectivity index (χ1) is 10.5. The quantitative estimate of drug-likeness (QED) is 0.883. The number of ether oxygens (including phenoxy) is 2. The molecule has 1 atom stereocenters. The highest BCUT2D eigenvalue weighted by Gasteiger charge is 2.16. The SMILES string of the molecule is COc1ccc(C(C)NC(=O)c2ccc(=O)[nH]c2)c(OC)c1. The van der Waals surface area contributed by atoms with Gasteiger partial charge in [-0.2, -0.15) is 0 Å². The molecule has 1 unspecified atom stereocenters. The molecule has 0 fully saturated rings. The second-order valence-electron chi connectivity index (χ2n) is 4.74. The highest BCUT2D eigenvalue weighted by atomic mass is 16.5. The predicted octanol–water partition coefficient (Wildman–Crippen LogP) is 1.88. The lowest BCUT2D eigenvalue weighted by Crippen LogP contribution is -2.27. The number of pyridine rings is 1. The summed E-state index contributed by atoms with van der Waals surface area (Å²) in [4.78, 5) is 25.7. The van der Waals surface area contributed by atoms with E-state index in [1.54, 1.807) is 26.4 Å². The van der Waals surface area contributed by atoms with Crippen molar-refractivity contribution in [3.63, 3.8) is 0 Å². The number of benzene rings is 1. The Morgan fingerprint density at radius 1 is 1.18 bits per heavy atom. The molecule has 1 aromatic carbocycles. The Morgan fingerprint density at radius 2 is 1.95 bits per heavy atom. The van der Waals surface area contributed by atoms with Gasteiger partial charge in [-0.15, -0.1) is 0 Å². The summed E-state index contributed by atoms with van der Waals surface area (Å²) in [5, 5.41) is 2.86. The molecule has 0 aliphatic carbocycles. The van der Waals surface area contributed by atoms with E-state index >= 15 is 0 Å². The topological polar surface area (TPSA) is 80.4 Å². The molecule has 0 saturated carbocycles. The van der Waals surface area contributed by atoms with E-state index in [4.69, 9.17) is 9.47 Å². The van der Waals surface area contributed by atoms with E-state index in [0.717, 1.165) is 5.56 Å². The van der Waals surface area contributed by atoms with Gasteiger partial charge in [-0.05, 0) is 25.1 Å². The van der Waals surface area contributed by atoms with Crippen molar-refractivity contribution in [1.29, 1.82) is 0 Å². The van der Waals surface area contributed by atoms with Gasteiger partial charge in [0.2, 0.25) is 5.56 Å². The van der Waals surface area contributed by atoms with Crippen LogP contribution in [0.3, 0.4) is 0 Å². The maximum atomic E-state index is 12.2. The Kier molecular flexibility index (Phi) is 4.83. The Bertz CT molecular complexity index is 704. The van der Waals surface area contributed by atoms with E-state index in [9.17, 15) is 9.59 Å². The van der Waals surface area contributed by atoms with Crippen molar-refractivity contribution in [2.24, 2.45) is 0 Å². The molecule has 0 saturated heterocycles. The molecule has 0 bridgehead atoms. The standard InChI is InChI=1S/C16H18N2O4/c1-10(13-6-5-12(21-2)8-14(13)22-3)18-16(20)11-4-7-15(19)17-9-11/h4-10H,1-3H3,(H,17,19)(H,18,20). The van der Waals surface area contributed by atoms with Gasteiger partial charge in [-0.1, -0.05) is 0 Å². The van der Waals surface area contributed by atoms with Gasteiger partial charge in [0.1, 0.15) is 11.5 Å². The van der Waals surface area contributed by atoms with Crippen LogP contribution in [-0.4, -0.2) is 25.1 Å². The lowest BCUT2D eigenvalue weighted by atomic mass is 10.1. The molecule has 2 N–H and O–H groups in total. The summed E-state index contributed by atoms with van der Waals surface area (Å²) < 4.78 is 10.5. The molecule has 2 rings (SSSR count). The third-order valence-electron chi connectivity index (χ3n) is 3.30. The first-order valence-electron chi connectivity index (χ1n) is 6.76. The molecular formula is C16H18N2O4. The molecule has 2 aromatic rings. The van der Waals surface area contributed by atoms with Crippen LogP contribution >= 0.6 is 0 Å². The van der Waals surface area contributed by atoms with Gasteiger partial charge in [-0.3, -0.25) is 9.59 Å². The van der Waals surface area contributed by atoms with Crippen LogP contribution in [-0.2, 0) is 0 Å². The monoisotopic (exact) mass is 302 g/mol. The van der Waals surface area contributed by atoms with Gasteiger partial charge in [-0.25, -0.2) is 0 Å². The Labute approximate surface area is 128 Å². The zero-order valence-electron chi connectivity index (χ0n) is 12.7. The minimum Gasteiger partial charge on any atom is -0.497 e. The van der Waals surface area contributed by atoms with Crippen molar-refractivity contribution in [3.05, 3.63) is 58.0 Å². The van der Waals surface area contributed by atoms with E-state index < -0.39 is 0 Å². The zero-order chi connectivity index (χ0) is 16.1. The number of nitrogens with one attached hydrogen (secondary N) is 2. The maximum Gasteiger partial charge on any atom is 0.253 e. The summed E-state index contributed by atoms with van der Waals surface area (Å²) in [5.41, 5.74) is 0.974. The van der Waals surface area contributed by atoms with E-state index in [0.29, 0.717) is 17.1 Å². The van der Waals surface area contributed by atoms with Gasteiger partial charge in [0, 0.05) is 23.9 Å². The van der Waals surface area contributed by atoms with E-state index in [-0.39, 0.29) is 17.5 Å². The Morgan fingerprint density at radius 3 is 2.55 bits per heavy atom. The summed E-state index contributed by atoms with van der Waals surface area (Å²) in [6.07, 6.45) is 1.38. The molecule has 1 aromatic heterocycles. The number of carbonyl (C=O) groups excluding carboxylic acids is 1. The van der Waals surface area contributed by atoms with Crippen LogP contribution in [0.25, 0.3) is 0 Å². The number of aromatic nitrogens is 1. The molecular weight excluding hydrogens is 284 g/mol. The molecule has 6 nitrogen and oxygen atoms in total. The van der Waals surface area contributed by atoms with Crippen LogP contribution < -0.4 is 20.3 Å². The van der Waals surface area contributed by atoms with Crippen molar-refractivity contribution < 1.29 is 14.3 Å². The van der Waals surface area contributed by atoms with Gasteiger partial charge in [0.05, 0.1) is 25.8 Å². The third kappa shape index (κ3) is 3.46. The minimum atomic E-state index is -0.276. The summed E-state index contributed by atoms with van der Waals surface area (Å²) in [5.74, 6) is 1.04. The largest absolute Gasteiger partial charge is 0.497 e. The molecule has 0 spiro atoms. The van der Waals surface area contributed by atoms with Gasteiger partial charge >= 0.3 is 0 Å². The average Bonchev–Trinajstić information content (AvgIpc) is 2.54. The number of methoxy groups -OCH3 is 2. The van der Waals surface area contributed by atoms with Crippen LogP contribution in [0.4, 0.5) is 0 Å². The van der Waals surface area contributed by atoms with Crippen molar-refractivity contribution in [1.82, 2.24) is 10.3 Å². The second kappa shape index (κ2) is 6.80. The lowest BCUT2D eigenvalue weighted by molar-refractivity contribution is 0.0939. The van der Waals surface area contributed by atoms with Crippen molar-refractivity contribution in [3.8, 4) is 11.5 Å². The maximum absolute atomic E-state index is 12.2. The number of hydrogen-bond acceptors (Lipinski definition) is 4. The van der Waals surface area contributed by atoms with E-state index in [1.807, 2.05) is 13.0 Å². The van der Waals surface area contributed by atoms with Crippen LogP contribution in [0.5, 0.6) is 11.5 Å². The number of aromatic amines is 1. The van der Waals surface area contributed by atoms with Gasteiger partial charge in [0.15, 0.2) is 0 Å². The Hall–Kier alpha value is -2.76. The van der Waals surface area contributed by atoms with Crippen molar-refractivity contribution in [2.45, 2.75) is 13.0 Å². The van der Waals surface area contributed by atoms with E-state index in [2.05, 4.69) is 10.3 Å². The number of carbonyl (C=O) groups is 1. The van der Waals surface area contributed by atoms with Crippen LogP contribution in [0.1, 0.15) is 28.9 Å². The van der Waals surface area contributed by atoms with Crippen LogP contribution in [0.15, 0.2) is 41.3 Å². The van der Waals surface area contributed by atoms with Crippen molar-refractivity contribution >= 4 is 5.91 Å². The molecule has 0 aliphatic rings. The summed E-state index contributed by atoms with van der Waals surface area (Å²) >= 11 is 0. The van der Waals surface area contributed by atoms with Gasteiger partial charge < -0.3 is 19.8 Å². The highest BCUT2D eigenvalue weighted by molar-refractivity contribution is 5.94. The number of rotatable bonds is 5. The molecule has 0 aliphatic heterocycles. The fourth-order valence-corrected chi connectivity index (χ4v) is 2.09. The number of amides is 1. The summed E-state index contributed by atoms with van der Waals surface area (Å²) in [6.45, 7) is 1.86. The molecule has 22 heavy (non-hydrogen) atoms. The predicted molar refractivity (Wildman–Crippen MR) is 82.5 cm³/mol.